The quantitative estimate of drug-likeness (QED) is 0.187. The number of aromatic nitrogens is 1. The van der Waals surface area contributed by atoms with Crippen LogP contribution in [0, 0.1) is 6.92 Å². The second-order valence-electron chi connectivity index (χ2n) is 11.8. The Labute approximate surface area is 263 Å². The van der Waals surface area contributed by atoms with Gasteiger partial charge in [-0.3, -0.25) is 4.79 Å². The summed E-state index contributed by atoms with van der Waals surface area (Å²) < 4.78 is 16.8. The molecule has 1 fully saturated rings. The van der Waals surface area contributed by atoms with Crippen LogP contribution >= 0.6 is 15.9 Å². The molecule has 0 saturated heterocycles. The molecule has 44 heavy (non-hydrogen) atoms. The Balaban J connectivity index is 1.42. The van der Waals surface area contributed by atoms with Crippen molar-refractivity contribution in [3.05, 3.63) is 95.2 Å². The van der Waals surface area contributed by atoms with E-state index in [1.54, 1.807) is 39.8 Å². The molecule has 228 valence electrons. The maximum absolute atomic E-state index is 13.5. The van der Waals surface area contributed by atoms with Gasteiger partial charge in [0.2, 0.25) is 0 Å². The smallest absolute Gasteiger partial charge is 0.424 e. The summed E-state index contributed by atoms with van der Waals surface area (Å²) in [6, 6.07) is 22.5. The zero-order valence-corrected chi connectivity index (χ0v) is 26.5. The van der Waals surface area contributed by atoms with Crippen LogP contribution in [0.25, 0.3) is 22.5 Å². The van der Waals surface area contributed by atoms with Crippen molar-refractivity contribution < 1.29 is 33.5 Å². The summed E-state index contributed by atoms with van der Waals surface area (Å²) in [5.74, 6) is -0.591. The van der Waals surface area contributed by atoms with Crippen LogP contribution in [0.3, 0.4) is 0 Å². The Hall–Kier alpha value is -4.44. The average molecular weight is 662 g/mol. The number of aliphatic carboxylic acids is 1. The first-order valence-electron chi connectivity index (χ1n) is 14.2. The molecule has 4 aromatic rings. The summed E-state index contributed by atoms with van der Waals surface area (Å²) in [5, 5.41) is 14.3. The fourth-order valence-corrected chi connectivity index (χ4v) is 5.29. The number of rotatable bonds is 8. The first kappa shape index (κ1) is 31.0. The molecular formula is C34H33BrN2O7. The fraction of sp³-hybridized carbons (Fsp3) is 0.294. The fourth-order valence-electron chi connectivity index (χ4n) is 4.94. The van der Waals surface area contributed by atoms with Crippen molar-refractivity contribution in [2.75, 3.05) is 4.90 Å². The van der Waals surface area contributed by atoms with E-state index in [2.05, 4.69) is 21.1 Å². The molecule has 0 bridgehead atoms. The van der Waals surface area contributed by atoms with E-state index in [4.69, 9.17) is 14.0 Å². The number of imide groups is 1. The van der Waals surface area contributed by atoms with Crippen LogP contribution in [0.2, 0.25) is 0 Å². The third-order valence-electron chi connectivity index (χ3n) is 7.40. The lowest BCUT2D eigenvalue weighted by Crippen LogP contribution is -2.41. The molecule has 0 aliphatic heterocycles. The number of hydrogen-bond donors (Lipinski definition) is 1. The van der Waals surface area contributed by atoms with E-state index in [1.165, 1.54) is 0 Å². The lowest BCUT2D eigenvalue weighted by molar-refractivity contribution is -0.140. The predicted molar refractivity (Wildman–Crippen MR) is 169 cm³/mol. The predicted octanol–water partition coefficient (Wildman–Crippen LogP) is 8.41. The van der Waals surface area contributed by atoms with E-state index < -0.39 is 29.2 Å². The number of carbonyl (C=O) groups excluding carboxylic acids is 2. The normalized spacial score (nSPS) is 13.7. The molecule has 9 nitrogen and oxygen atoms in total. The molecule has 0 atom stereocenters. The number of carboxylic acids is 1. The van der Waals surface area contributed by atoms with E-state index in [0.29, 0.717) is 29.4 Å². The van der Waals surface area contributed by atoms with E-state index in [1.807, 2.05) is 60.7 Å². The number of anilines is 1. The van der Waals surface area contributed by atoms with Crippen molar-refractivity contribution in [2.24, 2.45) is 0 Å². The molecule has 1 heterocycles. The Morgan fingerprint density at radius 1 is 0.932 bits per heavy atom. The third-order valence-corrected chi connectivity index (χ3v) is 8.05. The summed E-state index contributed by atoms with van der Waals surface area (Å²) >= 11 is 3.43. The summed E-state index contributed by atoms with van der Waals surface area (Å²) in [6.07, 6.45) is -0.556. The van der Waals surface area contributed by atoms with Gasteiger partial charge in [0.25, 0.3) is 0 Å². The van der Waals surface area contributed by atoms with Crippen LogP contribution < -0.4 is 4.90 Å². The molecule has 2 amide bonds. The van der Waals surface area contributed by atoms with Gasteiger partial charge in [-0.1, -0.05) is 93.9 Å². The molecule has 3 aromatic carbocycles. The van der Waals surface area contributed by atoms with Gasteiger partial charge in [0.05, 0.1) is 5.41 Å². The average Bonchev–Trinajstić information content (AvgIpc) is 3.74. The van der Waals surface area contributed by atoms with Crippen molar-refractivity contribution in [3.63, 3.8) is 0 Å². The van der Waals surface area contributed by atoms with E-state index in [9.17, 15) is 19.5 Å². The zero-order chi connectivity index (χ0) is 31.6. The summed E-state index contributed by atoms with van der Waals surface area (Å²) in [5.41, 5.74) is 3.76. The standard InChI is InChI=1S/C34H33BrN2O7/c1-21-28(37(32(41)43-33(2,3)4)31(40)42-20-23-7-5-6-22(18-23)19-35)29(44-36-21)26-10-8-24(9-11-26)25-12-14-27(15-13-25)34(16-17-34)30(38)39/h5-15,18H,16-17,19-20H2,1-4H3,(H,38,39). The van der Waals surface area contributed by atoms with Gasteiger partial charge < -0.3 is 19.1 Å². The van der Waals surface area contributed by atoms with Gasteiger partial charge in [0, 0.05) is 10.9 Å². The maximum atomic E-state index is 13.5. The minimum Gasteiger partial charge on any atom is -0.481 e. The highest BCUT2D eigenvalue weighted by molar-refractivity contribution is 9.08. The molecule has 0 unspecified atom stereocenters. The van der Waals surface area contributed by atoms with Crippen molar-refractivity contribution in [2.45, 2.75) is 63.5 Å². The number of benzene rings is 3. The third kappa shape index (κ3) is 6.55. The van der Waals surface area contributed by atoms with Crippen LogP contribution in [0.5, 0.6) is 0 Å². The first-order valence-corrected chi connectivity index (χ1v) is 15.3. The summed E-state index contributed by atoms with van der Waals surface area (Å²) in [6.45, 7) is 6.70. The molecule has 5 rings (SSSR count). The largest absolute Gasteiger partial charge is 0.481 e. The molecule has 1 aliphatic carbocycles. The van der Waals surface area contributed by atoms with Crippen LogP contribution in [-0.4, -0.2) is 34.0 Å². The second-order valence-corrected chi connectivity index (χ2v) is 12.4. The molecule has 1 aliphatic rings. The van der Waals surface area contributed by atoms with Crippen molar-refractivity contribution in [1.82, 2.24) is 5.16 Å². The van der Waals surface area contributed by atoms with Gasteiger partial charge in [0.1, 0.15) is 23.6 Å². The van der Waals surface area contributed by atoms with E-state index in [0.717, 1.165) is 32.7 Å². The number of ether oxygens (including phenoxy) is 2. The van der Waals surface area contributed by atoms with Gasteiger partial charge in [0.15, 0.2) is 5.76 Å². The van der Waals surface area contributed by atoms with Gasteiger partial charge in [-0.2, -0.15) is 4.90 Å². The minimum atomic E-state index is -0.928. The van der Waals surface area contributed by atoms with Crippen LogP contribution in [0.15, 0.2) is 77.3 Å². The second kappa shape index (κ2) is 12.3. The van der Waals surface area contributed by atoms with E-state index in [-0.39, 0.29) is 18.1 Å². The minimum absolute atomic E-state index is 0.0558. The van der Waals surface area contributed by atoms with Gasteiger partial charge >= 0.3 is 18.2 Å². The van der Waals surface area contributed by atoms with Gasteiger partial charge in [-0.05, 0) is 68.4 Å². The lowest BCUT2D eigenvalue weighted by atomic mass is 9.93. The number of carboxylic acid groups (broad SMARTS) is 1. The number of alkyl halides is 1. The van der Waals surface area contributed by atoms with Crippen LogP contribution in [0.4, 0.5) is 15.3 Å². The number of hydrogen-bond acceptors (Lipinski definition) is 7. The molecular weight excluding hydrogens is 628 g/mol. The molecule has 0 spiro atoms. The molecule has 10 heteroatoms. The SMILES string of the molecule is Cc1noc(-c2ccc(-c3ccc(C4(C(=O)O)CC4)cc3)cc2)c1N(C(=O)OCc1cccc(CBr)c1)C(=O)OC(C)(C)C. The molecule has 0 radical (unpaired) electrons. The van der Waals surface area contributed by atoms with Gasteiger partial charge in [-0.25, -0.2) is 9.59 Å². The highest BCUT2D eigenvalue weighted by Gasteiger charge is 2.51. The summed E-state index contributed by atoms with van der Waals surface area (Å²) in [4.78, 5) is 39.4. The topological polar surface area (TPSA) is 119 Å². The molecule has 1 N–H and O–H groups in total. The number of halogens is 1. The maximum Gasteiger partial charge on any atom is 0.424 e. The Bertz CT molecular complexity index is 1680. The molecule has 1 saturated carbocycles. The Morgan fingerprint density at radius 2 is 1.52 bits per heavy atom. The van der Waals surface area contributed by atoms with Gasteiger partial charge in [-0.15, -0.1) is 0 Å². The first-order chi connectivity index (χ1) is 20.9. The summed E-state index contributed by atoms with van der Waals surface area (Å²) in [7, 11) is 0. The van der Waals surface area contributed by atoms with Crippen molar-refractivity contribution in [1.29, 1.82) is 0 Å². The van der Waals surface area contributed by atoms with E-state index >= 15 is 0 Å². The van der Waals surface area contributed by atoms with Crippen LogP contribution in [0.1, 0.15) is 56.0 Å². The number of carbonyl (C=O) groups is 3. The van der Waals surface area contributed by atoms with Crippen molar-refractivity contribution in [3.8, 4) is 22.5 Å². The number of aryl methyl sites for hydroxylation is 1. The monoisotopic (exact) mass is 660 g/mol. The Kier molecular flexibility index (Phi) is 8.65. The lowest BCUT2D eigenvalue weighted by Gasteiger charge is -2.25. The van der Waals surface area contributed by atoms with Crippen LogP contribution in [-0.2, 0) is 31.6 Å². The molecule has 1 aromatic heterocycles. The zero-order valence-electron chi connectivity index (χ0n) is 24.9. The highest BCUT2D eigenvalue weighted by atomic mass is 79.9. The van der Waals surface area contributed by atoms with Crippen molar-refractivity contribution >= 4 is 39.8 Å². The highest BCUT2D eigenvalue weighted by Crippen LogP contribution is 2.48. The Morgan fingerprint density at radius 3 is 2.09 bits per heavy atom. The number of amides is 2. The number of nitrogens with zero attached hydrogens (tertiary/aromatic N) is 2.